The van der Waals surface area contributed by atoms with Crippen LogP contribution in [0.1, 0.15) is 81.5 Å². The minimum atomic E-state index is -0.990. The van der Waals surface area contributed by atoms with Gasteiger partial charge in [0.25, 0.3) is 0 Å². The fraction of sp³-hybridized carbons (Fsp3) is 0.667. The minimum Gasteiger partial charge on any atom is -0.478 e. The van der Waals surface area contributed by atoms with Crippen molar-refractivity contribution in [3.8, 4) is 0 Å². The first-order chi connectivity index (χ1) is 11.1. The Kier molecular flexibility index (Phi) is 10.5. The average molecular weight is 341 g/mol. The van der Waals surface area contributed by atoms with Crippen molar-refractivity contribution >= 4 is 23.4 Å². The standard InChI is InChI=1S/C18H29ClN2O2/c1-2-3-4-5-6-7-8-9-10-11-12-20-17-14-15(18(22)23)13-16(19)21-17/h13-14H,2-12H2,1H3,(H,20,21)(H,22,23). The van der Waals surface area contributed by atoms with Crippen LogP contribution in [0.4, 0.5) is 5.82 Å². The van der Waals surface area contributed by atoms with Crippen LogP contribution in [0.2, 0.25) is 5.15 Å². The Balaban J connectivity index is 2.06. The van der Waals surface area contributed by atoms with Gasteiger partial charge in [0.05, 0.1) is 5.56 Å². The fourth-order valence-corrected chi connectivity index (χ4v) is 2.75. The lowest BCUT2D eigenvalue weighted by atomic mass is 10.1. The number of halogens is 1. The van der Waals surface area contributed by atoms with Crippen molar-refractivity contribution in [1.82, 2.24) is 4.98 Å². The number of hydrogen-bond donors (Lipinski definition) is 2. The maximum atomic E-state index is 11.0. The van der Waals surface area contributed by atoms with Crippen molar-refractivity contribution in [2.45, 2.75) is 71.1 Å². The highest BCUT2D eigenvalue weighted by Crippen LogP contribution is 2.15. The van der Waals surface area contributed by atoms with Crippen LogP contribution >= 0.6 is 11.6 Å². The van der Waals surface area contributed by atoms with Gasteiger partial charge in [-0.2, -0.15) is 0 Å². The van der Waals surface area contributed by atoms with Crippen LogP contribution in [-0.2, 0) is 0 Å². The first-order valence-corrected chi connectivity index (χ1v) is 9.16. The maximum Gasteiger partial charge on any atom is 0.335 e. The predicted molar refractivity (Wildman–Crippen MR) is 96.5 cm³/mol. The molecule has 1 heterocycles. The molecule has 0 aliphatic rings. The molecular weight excluding hydrogens is 312 g/mol. The van der Waals surface area contributed by atoms with Crippen LogP contribution in [-0.4, -0.2) is 22.6 Å². The Hall–Kier alpha value is -1.29. The average Bonchev–Trinajstić information content (AvgIpc) is 2.52. The molecule has 0 aliphatic carbocycles. The van der Waals surface area contributed by atoms with Crippen LogP contribution in [0.5, 0.6) is 0 Å². The van der Waals surface area contributed by atoms with Crippen molar-refractivity contribution in [3.05, 3.63) is 22.8 Å². The molecule has 0 bridgehead atoms. The zero-order chi connectivity index (χ0) is 16.9. The highest BCUT2D eigenvalue weighted by molar-refractivity contribution is 6.29. The van der Waals surface area contributed by atoms with Crippen molar-refractivity contribution in [3.63, 3.8) is 0 Å². The van der Waals surface area contributed by atoms with Crippen LogP contribution in [0.3, 0.4) is 0 Å². The van der Waals surface area contributed by atoms with Crippen LogP contribution in [0, 0.1) is 0 Å². The molecule has 2 N–H and O–H groups in total. The Morgan fingerprint density at radius 1 is 1.04 bits per heavy atom. The second-order valence-electron chi connectivity index (χ2n) is 5.98. The number of carboxylic acid groups (broad SMARTS) is 1. The number of rotatable bonds is 13. The van der Waals surface area contributed by atoms with E-state index in [1.54, 1.807) is 0 Å². The summed E-state index contributed by atoms with van der Waals surface area (Å²) < 4.78 is 0. The molecule has 1 rings (SSSR count). The highest BCUT2D eigenvalue weighted by Gasteiger charge is 2.07. The third kappa shape index (κ3) is 9.44. The van der Waals surface area contributed by atoms with Gasteiger partial charge in [-0.15, -0.1) is 0 Å². The van der Waals surface area contributed by atoms with Gasteiger partial charge in [-0.1, -0.05) is 76.3 Å². The lowest BCUT2D eigenvalue weighted by molar-refractivity contribution is 0.0697. The number of nitrogens with zero attached hydrogens (tertiary/aromatic N) is 1. The van der Waals surface area contributed by atoms with Crippen molar-refractivity contribution in [2.75, 3.05) is 11.9 Å². The van der Waals surface area contributed by atoms with E-state index in [2.05, 4.69) is 17.2 Å². The van der Waals surface area contributed by atoms with E-state index in [1.807, 2.05) is 0 Å². The summed E-state index contributed by atoms with van der Waals surface area (Å²) >= 11 is 5.82. The topological polar surface area (TPSA) is 62.2 Å². The van der Waals surface area contributed by atoms with E-state index in [4.69, 9.17) is 16.7 Å². The summed E-state index contributed by atoms with van der Waals surface area (Å²) in [6.45, 7) is 3.04. The summed E-state index contributed by atoms with van der Waals surface area (Å²) in [7, 11) is 0. The van der Waals surface area contributed by atoms with Crippen molar-refractivity contribution < 1.29 is 9.90 Å². The minimum absolute atomic E-state index is 0.163. The number of aromatic carboxylic acids is 1. The van der Waals surface area contributed by atoms with Crippen molar-refractivity contribution in [1.29, 1.82) is 0 Å². The van der Waals surface area contributed by atoms with E-state index in [0.717, 1.165) is 13.0 Å². The Morgan fingerprint density at radius 2 is 1.61 bits per heavy atom. The number of carbonyl (C=O) groups is 1. The quantitative estimate of drug-likeness (QED) is 0.353. The van der Waals surface area contributed by atoms with Gasteiger partial charge in [-0.25, -0.2) is 9.78 Å². The van der Waals surface area contributed by atoms with Gasteiger partial charge in [-0.3, -0.25) is 0 Å². The summed E-state index contributed by atoms with van der Waals surface area (Å²) in [4.78, 5) is 15.0. The van der Waals surface area contributed by atoms with E-state index in [1.165, 1.54) is 69.9 Å². The molecule has 0 spiro atoms. The zero-order valence-electron chi connectivity index (χ0n) is 14.1. The predicted octanol–water partition coefficient (Wildman–Crippen LogP) is 5.77. The molecular formula is C18H29ClN2O2. The second-order valence-corrected chi connectivity index (χ2v) is 6.36. The molecule has 0 aliphatic heterocycles. The number of unbranched alkanes of at least 4 members (excludes halogenated alkanes) is 9. The van der Waals surface area contributed by atoms with Gasteiger partial charge in [0, 0.05) is 6.54 Å². The number of anilines is 1. The number of aromatic nitrogens is 1. The molecule has 1 aromatic rings. The van der Waals surface area contributed by atoms with Gasteiger partial charge in [0.1, 0.15) is 11.0 Å². The summed E-state index contributed by atoms with van der Waals surface area (Å²) in [5.74, 6) is -0.456. The molecule has 5 heteroatoms. The molecule has 1 aromatic heterocycles. The normalized spacial score (nSPS) is 10.7. The molecule has 4 nitrogen and oxygen atoms in total. The van der Waals surface area contributed by atoms with Gasteiger partial charge >= 0.3 is 5.97 Å². The third-order valence-corrected chi connectivity index (χ3v) is 4.07. The largest absolute Gasteiger partial charge is 0.478 e. The SMILES string of the molecule is CCCCCCCCCCCCNc1cc(C(=O)O)cc(Cl)n1. The monoisotopic (exact) mass is 340 g/mol. The van der Waals surface area contributed by atoms with E-state index in [0.29, 0.717) is 5.82 Å². The summed E-state index contributed by atoms with van der Waals surface area (Å²) in [6, 6.07) is 2.88. The second kappa shape index (κ2) is 12.2. The molecule has 0 saturated carbocycles. The van der Waals surface area contributed by atoms with Gasteiger partial charge in [0.2, 0.25) is 0 Å². The maximum absolute atomic E-state index is 11.0. The lowest BCUT2D eigenvalue weighted by Gasteiger charge is -2.07. The smallest absolute Gasteiger partial charge is 0.335 e. The first kappa shape index (κ1) is 19.8. The summed E-state index contributed by atoms with van der Waals surface area (Å²) in [6.07, 6.45) is 13.0. The molecule has 0 amide bonds. The Morgan fingerprint density at radius 3 is 2.17 bits per heavy atom. The van der Waals surface area contributed by atoms with Gasteiger partial charge in [0.15, 0.2) is 0 Å². The number of pyridine rings is 1. The third-order valence-electron chi connectivity index (χ3n) is 3.88. The van der Waals surface area contributed by atoms with Crippen LogP contribution in [0.25, 0.3) is 0 Å². The van der Waals surface area contributed by atoms with Crippen molar-refractivity contribution in [2.24, 2.45) is 0 Å². The molecule has 0 radical (unpaired) electrons. The fourth-order valence-electron chi connectivity index (χ4n) is 2.54. The number of nitrogens with one attached hydrogen (secondary N) is 1. The van der Waals surface area contributed by atoms with Crippen LogP contribution < -0.4 is 5.32 Å². The molecule has 130 valence electrons. The van der Waals surface area contributed by atoms with Crippen LogP contribution in [0.15, 0.2) is 12.1 Å². The first-order valence-electron chi connectivity index (χ1n) is 8.78. The Labute approximate surface area is 144 Å². The summed E-state index contributed by atoms with van der Waals surface area (Å²) in [5, 5.41) is 12.3. The number of hydrogen-bond acceptors (Lipinski definition) is 3. The molecule has 0 atom stereocenters. The van der Waals surface area contributed by atoms with Gasteiger partial charge in [-0.05, 0) is 18.6 Å². The van der Waals surface area contributed by atoms with Gasteiger partial charge < -0.3 is 10.4 Å². The number of carboxylic acids is 1. The molecule has 23 heavy (non-hydrogen) atoms. The van der Waals surface area contributed by atoms with E-state index >= 15 is 0 Å². The van der Waals surface area contributed by atoms with E-state index in [9.17, 15) is 4.79 Å². The lowest BCUT2D eigenvalue weighted by Crippen LogP contribution is -2.06. The van der Waals surface area contributed by atoms with E-state index in [-0.39, 0.29) is 10.7 Å². The Bertz CT molecular complexity index is 466. The van der Waals surface area contributed by atoms with E-state index < -0.39 is 5.97 Å². The zero-order valence-corrected chi connectivity index (χ0v) is 14.9. The molecule has 0 aromatic carbocycles. The summed E-state index contributed by atoms with van der Waals surface area (Å²) in [5.41, 5.74) is 0.163. The molecule has 0 fully saturated rings. The molecule has 0 unspecified atom stereocenters. The highest BCUT2D eigenvalue weighted by atomic mass is 35.5. The molecule has 0 saturated heterocycles.